The van der Waals surface area contributed by atoms with E-state index in [1.807, 2.05) is 0 Å². The maximum Gasteiger partial charge on any atom is 0.299 e. The molecule has 0 bridgehead atoms. The zero-order valence-corrected chi connectivity index (χ0v) is 33.8. The summed E-state index contributed by atoms with van der Waals surface area (Å²) in [7, 11) is 0. The van der Waals surface area contributed by atoms with Crippen molar-refractivity contribution in [3.63, 3.8) is 0 Å². The highest BCUT2D eigenvalue weighted by Crippen LogP contribution is 2.28. The molecule has 1 fully saturated rings. The van der Waals surface area contributed by atoms with Gasteiger partial charge in [0.15, 0.2) is 6.29 Å². The van der Waals surface area contributed by atoms with Crippen LogP contribution in [0.1, 0.15) is 19.3 Å². The normalized spacial score (nSPS) is 14.2. The van der Waals surface area contributed by atoms with Crippen LogP contribution in [0.2, 0.25) is 0 Å². The van der Waals surface area contributed by atoms with E-state index in [-0.39, 0.29) is 36.5 Å². The number of rotatable bonds is 43. The van der Waals surface area contributed by atoms with Crippen LogP contribution in [0.3, 0.4) is 0 Å². The Kier molecular flexibility index (Phi) is 34.1. The molecule has 0 spiro atoms. The van der Waals surface area contributed by atoms with E-state index in [9.17, 15) is 20.2 Å². The van der Waals surface area contributed by atoms with E-state index in [4.69, 9.17) is 66.3 Å². The minimum atomic E-state index is -0.681. The van der Waals surface area contributed by atoms with Gasteiger partial charge in [0.25, 0.3) is 11.4 Å². The number of hydrogen-bond acceptors (Lipinski definition) is 19. The Morgan fingerprint density at radius 1 is 0.500 bits per heavy atom. The maximum atomic E-state index is 11.2. The van der Waals surface area contributed by atoms with Gasteiger partial charge in [-0.15, -0.1) is 0 Å². The Morgan fingerprint density at radius 2 is 0.862 bits per heavy atom. The molecule has 1 aliphatic heterocycles. The number of non-ortho nitro benzene ring substituents is 1. The van der Waals surface area contributed by atoms with Gasteiger partial charge >= 0.3 is 0 Å². The van der Waals surface area contributed by atoms with Gasteiger partial charge in [0, 0.05) is 19.2 Å². The largest absolute Gasteiger partial charge is 0.377 e. The Balaban J connectivity index is 1.16. The molecule has 2 rings (SSSR count). The van der Waals surface area contributed by atoms with Gasteiger partial charge in [-0.3, -0.25) is 20.2 Å². The molecular weight excluding hydrogens is 774 g/mol. The van der Waals surface area contributed by atoms with Gasteiger partial charge in [0.05, 0.1) is 181 Å². The van der Waals surface area contributed by atoms with Crippen molar-refractivity contribution >= 4 is 17.1 Å². The van der Waals surface area contributed by atoms with Gasteiger partial charge in [-0.2, -0.15) is 0 Å². The molecule has 1 N–H and O–H groups in total. The van der Waals surface area contributed by atoms with Crippen LogP contribution in [-0.4, -0.2) is 194 Å². The zero-order chi connectivity index (χ0) is 41.4. The van der Waals surface area contributed by atoms with E-state index >= 15 is 0 Å². The van der Waals surface area contributed by atoms with Crippen LogP contribution in [0, 0.1) is 20.2 Å². The Bertz CT molecular complexity index is 1120. The van der Waals surface area contributed by atoms with Crippen molar-refractivity contribution < 1.29 is 76.2 Å². The van der Waals surface area contributed by atoms with Gasteiger partial charge in [0.1, 0.15) is 5.69 Å². The van der Waals surface area contributed by atoms with E-state index in [0.29, 0.717) is 159 Å². The molecule has 1 aliphatic rings. The number of nitrogens with one attached hydrogen (secondary N) is 1. The second-order valence-electron chi connectivity index (χ2n) is 12.2. The molecule has 21 nitrogen and oxygen atoms in total. The van der Waals surface area contributed by atoms with Crippen LogP contribution < -0.4 is 5.32 Å². The van der Waals surface area contributed by atoms with Crippen molar-refractivity contribution in [1.82, 2.24) is 0 Å². The van der Waals surface area contributed by atoms with Crippen LogP contribution >= 0.6 is 0 Å². The van der Waals surface area contributed by atoms with Crippen LogP contribution in [0.15, 0.2) is 18.2 Å². The summed E-state index contributed by atoms with van der Waals surface area (Å²) < 4.78 is 76.8. The first kappa shape index (κ1) is 51.4. The van der Waals surface area contributed by atoms with Crippen molar-refractivity contribution in [2.24, 2.45) is 0 Å². The highest BCUT2D eigenvalue weighted by atomic mass is 16.7. The lowest BCUT2D eigenvalue weighted by Crippen LogP contribution is -2.24. The highest BCUT2D eigenvalue weighted by Gasteiger charge is 2.19. The molecule has 0 aromatic heterocycles. The lowest BCUT2D eigenvalue weighted by Gasteiger charge is -2.22. The van der Waals surface area contributed by atoms with Crippen molar-refractivity contribution in [3.8, 4) is 0 Å². The van der Waals surface area contributed by atoms with E-state index < -0.39 is 9.85 Å². The molecule has 21 heteroatoms. The first-order valence-electron chi connectivity index (χ1n) is 19.9. The number of ether oxygens (including phenoxy) is 14. The number of hydrogen-bond donors (Lipinski definition) is 1. The lowest BCUT2D eigenvalue weighted by atomic mass is 10.2. The minimum absolute atomic E-state index is 0.0785. The third kappa shape index (κ3) is 30.3. The molecule has 1 heterocycles. The van der Waals surface area contributed by atoms with Gasteiger partial charge in [0.2, 0.25) is 0 Å². The zero-order valence-electron chi connectivity index (χ0n) is 33.8. The summed E-state index contributed by atoms with van der Waals surface area (Å²) in [6.07, 6.45) is 3.15. The fourth-order valence-corrected chi connectivity index (χ4v) is 4.79. The average Bonchev–Trinajstić information content (AvgIpc) is 3.23. The minimum Gasteiger partial charge on any atom is -0.377 e. The molecule has 1 saturated heterocycles. The first-order valence-corrected chi connectivity index (χ1v) is 19.9. The second-order valence-corrected chi connectivity index (χ2v) is 12.2. The quantitative estimate of drug-likeness (QED) is 0.0566. The van der Waals surface area contributed by atoms with E-state index in [2.05, 4.69) is 5.32 Å². The van der Waals surface area contributed by atoms with Gasteiger partial charge in [-0.1, -0.05) is 0 Å². The first-order chi connectivity index (χ1) is 28.6. The van der Waals surface area contributed by atoms with E-state index in [0.717, 1.165) is 31.9 Å². The Labute approximate surface area is 340 Å². The summed E-state index contributed by atoms with van der Waals surface area (Å²) >= 11 is 0. The summed E-state index contributed by atoms with van der Waals surface area (Å²) in [4.78, 5) is 20.6. The molecule has 336 valence electrons. The fraction of sp³-hybridized carbons (Fsp3) is 0.838. The molecule has 58 heavy (non-hydrogen) atoms. The monoisotopic (exact) mass is 839 g/mol. The third-order valence-corrected chi connectivity index (χ3v) is 7.71. The van der Waals surface area contributed by atoms with Gasteiger partial charge in [-0.25, -0.2) is 0 Å². The Hall–Kier alpha value is -2.74. The predicted molar refractivity (Wildman–Crippen MR) is 208 cm³/mol. The molecule has 0 amide bonds. The van der Waals surface area contributed by atoms with Gasteiger partial charge in [-0.05, 0) is 25.3 Å². The number of nitrogens with zero attached hydrogens (tertiary/aromatic N) is 2. The SMILES string of the molecule is O=[N+]([O-])c1ccc(NCCOCCOCCOCCOCCOCCOCCOCCOCCOCCOCCOCCOCCOC2CCCCO2)c([N+](=O)[O-])c1. The van der Waals surface area contributed by atoms with Crippen LogP contribution in [0.5, 0.6) is 0 Å². The van der Waals surface area contributed by atoms with E-state index in [1.54, 1.807) is 0 Å². The smallest absolute Gasteiger partial charge is 0.299 e. The molecular formula is C37H65N3O18. The standard InChI is InChI=1S/C37H65N3O18/c41-39(42)34-4-5-35(36(33-34)40(43)44)38-6-8-45-9-10-46-11-12-47-13-14-48-15-16-49-17-18-50-19-20-51-21-22-52-23-24-53-25-26-54-27-28-55-29-30-56-31-32-58-37-3-1-2-7-57-37/h4-5,33,37-38H,1-3,6-32H2. The summed E-state index contributed by atoms with van der Waals surface area (Å²) in [6, 6.07) is 3.43. The molecule has 0 saturated carbocycles. The number of nitro benzene ring substituents is 2. The van der Waals surface area contributed by atoms with Crippen LogP contribution in [0.4, 0.5) is 17.1 Å². The second kappa shape index (κ2) is 38.5. The van der Waals surface area contributed by atoms with Crippen molar-refractivity contribution in [2.45, 2.75) is 25.6 Å². The molecule has 1 unspecified atom stereocenters. The molecule has 0 radical (unpaired) electrons. The molecule has 1 aromatic carbocycles. The summed E-state index contributed by atoms with van der Waals surface area (Å²) in [5, 5.41) is 24.8. The van der Waals surface area contributed by atoms with Crippen LogP contribution in [0.25, 0.3) is 0 Å². The summed E-state index contributed by atoms with van der Waals surface area (Å²) in [5.74, 6) is 0. The highest BCUT2D eigenvalue weighted by molar-refractivity contribution is 5.65. The van der Waals surface area contributed by atoms with Crippen molar-refractivity contribution in [2.75, 3.05) is 184 Å². The third-order valence-electron chi connectivity index (χ3n) is 7.71. The van der Waals surface area contributed by atoms with Crippen molar-refractivity contribution in [1.29, 1.82) is 0 Å². The predicted octanol–water partition coefficient (Wildman–Crippen LogP) is 2.66. The molecule has 1 aromatic rings. The van der Waals surface area contributed by atoms with Crippen LogP contribution in [-0.2, 0) is 66.3 Å². The van der Waals surface area contributed by atoms with Crippen molar-refractivity contribution in [3.05, 3.63) is 38.4 Å². The van der Waals surface area contributed by atoms with Gasteiger partial charge < -0.3 is 71.6 Å². The topological polar surface area (TPSA) is 228 Å². The molecule has 1 atom stereocenters. The fourth-order valence-electron chi connectivity index (χ4n) is 4.79. The lowest BCUT2D eigenvalue weighted by molar-refractivity contribution is -0.393. The summed E-state index contributed by atoms with van der Waals surface area (Å²) in [6.45, 7) is 12.5. The molecule has 0 aliphatic carbocycles. The average molecular weight is 840 g/mol. The Morgan fingerprint density at radius 3 is 1.19 bits per heavy atom. The number of benzene rings is 1. The maximum absolute atomic E-state index is 11.2. The summed E-state index contributed by atoms with van der Waals surface area (Å²) in [5.41, 5.74) is -0.531. The number of nitro groups is 2. The number of anilines is 1. The van der Waals surface area contributed by atoms with E-state index in [1.165, 1.54) is 12.1 Å².